The fraction of sp³-hybridized carbons (Fsp3) is 0.529. The molecular formula is C70H90N10O10S. The lowest BCUT2D eigenvalue weighted by Gasteiger charge is -2.38. The summed E-state index contributed by atoms with van der Waals surface area (Å²) < 4.78 is 30.8. The van der Waals surface area contributed by atoms with Crippen molar-refractivity contribution in [3.63, 3.8) is 0 Å². The molecule has 2 N–H and O–H groups in total. The van der Waals surface area contributed by atoms with Crippen molar-refractivity contribution < 1.29 is 48.0 Å². The smallest absolute Gasteiger partial charge is 0.410 e. The van der Waals surface area contributed by atoms with Gasteiger partial charge in [0.2, 0.25) is 17.7 Å². The Morgan fingerprint density at radius 3 is 2.30 bits per heavy atom. The lowest BCUT2D eigenvalue weighted by molar-refractivity contribution is -0.140. The van der Waals surface area contributed by atoms with Crippen molar-refractivity contribution >= 4 is 68.2 Å². The fourth-order valence-electron chi connectivity index (χ4n) is 13.6. The number of piperidine rings is 1. The Bertz CT molecular complexity index is 3540. The highest BCUT2D eigenvalue weighted by Gasteiger charge is 2.41. The van der Waals surface area contributed by atoms with Crippen LogP contribution in [0.4, 0.5) is 16.3 Å². The van der Waals surface area contributed by atoms with E-state index in [4.69, 9.17) is 38.6 Å². The molecule has 2 aromatic heterocycles. The van der Waals surface area contributed by atoms with Gasteiger partial charge < -0.3 is 53.7 Å². The summed E-state index contributed by atoms with van der Waals surface area (Å²) in [6.07, 6.45) is 9.72. The Kier molecular flexibility index (Phi) is 20.9. The molecule has 0 spiro atoms. The summed E-state index contributed by atoms with van der Waals surface area (Å²) in [6, 6.07) is 22.6. The molecule has 91 heavy (non-hydrogen) atoms. The lowest BCUT2D eigenvalue weighted by atomic mass is 9.83. The van der Waals surface area contributed by atoms with E-state index in [2.05, 4.69) is 63.2 Å². The molecule has 6 aromatic rings. The van der Waals surface area contributed by atoms with Crippen molar-refractivity contribution in [1.82, 2.24) is 39.9 Å². The first-order valence-electron chi connectivity index (χ1n) is 32.8. The summed E-state index contributed by atoms with van der Waals surface area (Å²) in [5, 5.41) is 20.8. The zero-order chi connectivity index (χ0) is 63.8. The maximum absolute atomic E-state index is 14.7. The molecule has 0 radical (unpaired) electrons. The molecule has 11 rings (SSSR count). The van der Waals surface area contributed by atoms with Gasteiger partial charge in [0.15, 0.2) is 0 Å². The van der Waals surface area contributed by atoms with Crippen LogP contribution in [0, 0.1) is 5.92 Å². The number of benzene rings is 4. The van der Waals surface area contributed by atoms with Gasteiger partial charge in [0, 0.05) is 105 Å². The lowest BCUT2D eigenvalue weighted by Crippen LogP contribution is -2.56. The second-order valence-electron chi connectivity index (χ2n) is 26.0. The van der Waals surface area contributed by atoms with E-state index >= 15 is 0 Å². The number of rotatable bonds is 22. The Morgan fingerprint density at radius 1 is 0.802 bits per heavy atom. The molecule has 4 aromatic carbocycles. The summed E-state index contributed by atoms with van der Waals surface area (Å²) in [4.78, 5) is 81.3. The molecule has 5 aliphatic rings. The molecule has 1 saturated carbocycles. The number of piperazine rings is 1. The molecule has 0 unspecified atom stereocenters. The number of phenols is 1. The number of amides is 4. The maximum atomic E-state index is 14.7. The molecule has 21 heteroatoms. The highest BCUT2D eigenvalue weighted by molar-refractivity contribution is 7.10. The zero-order valence-electron chi connectivity index (χ0n) is 53.8. The van der Waals surface area contributed by atoms with Crippen molar-refractivity contribution in [2.24, 2.45) is 5.92 Å². The minimum atomic E-state index is -0.836. The monoisotopic (exact) mass is 1260 g/mol. The standard InChI is InChI=1S/C70H90N10O10S/c1-8-62(82)77-33-35-78(36-34-77)64-56-28-32-79(60-42-50(81)41-49-19-12-13-20-52(49)60)44-57(56)72-68(74-64)89-46(2)43-76-30-26-51(27-31-76)87-39-37-86-38-40-88-61-25-24-54(53-21-14-15-22-55(53)61)58-45-91-66(71-58)59-23-16-29-80(59)67(84)63(48-17-10-9-11-18-48)73-65(83)47(3)75(7)69(85)90-70(4,5)6/h8,12-15,19-22,24-25,41-42,45-48,51,59,63,81H,1,9-11,16-18,23,26-40,43-44H2,2-7H3,(H,73,83)/t46-,47+,59+,63+/m1/s1. The van der Waals surface area contributed by atoms with Crippen LogP contribution in [0.3, 0.4) is 0 Å². The molecule has 4 fully saturated rings. The normalized spacial score (nSPS) is 18.8. The first-order chi connectivity index (χ1) is 44.0. The highest BCUT2D eigenvalue weighted by Crippen LogP contribution is 2.41. The molecule has 20 nitrogen and oxygen atoms in total. The molecule has 3 saturated heterocycles. The van der Waals surface area contributed by atoms with Gasteiger partial charge in [-0.15, -0.1) is 11.3 Å². The van der Waals surface area contributed by atoms with E-state index in [-0.39, 0.29) is 47.6 Å². The number of aromatic hydroxyl groups is 1. The van der Waals surface area contributed by atoms with Crippen LogP contribution in [-0.4, -0.2) is 186 Å². The number of nitrogens with one attached hydrogen (secondary N) is 1. The van der Waals surface area contributed by atoms with Crippen LogP contribution in [0.15, 0.2) is 90.8 Å². The van der Waals surface area contributed by atoms with E-state index in [1.165, 1.54) is 11.0 Å². The van der Waals surface area contributed by atoms with Gasteiger partial charge in [0.25, 0.3) is 0 Å². The summed E-state index contributed by atoms with van der Waals surface area (Å²) in [5.41, 5.74) is 4.07. The molecule has 486 valence electrons. The topological polar surface area (TPSA) is 205 Å². The third-order valence-corrected chi connectivity index (χ3v) is 19.5. The summed E-state index contributed by atoms with van der Waals surface area (Å²) >= 11 is 1.56. The van der Waals surface area contributed by atoms with Gasteiger partial charge >= 0.3 is 12.1 Å². The van der Waals surface area contributed by atoms with Crippen molar-refractivity contribution in [3.05, 3.63) is 107 Å². The van der Waals surface area contributed by atoms with E-state index in [9.17, 15) is 24.3 Å². The second-order valence-corrected chi connectivity index (χ2v) is 26.8. The minimum absolute atomic E-state index is 0.00393. The number of aromatic nitrogens is 3. The number of likely N-dealkylation sites (tertiary alicyclic amines) is 2. The molecule has 1 aliphatic carbocycles. The Hall–Kier alpha value is -7.59. The van der Waals surface area contributed by atoms with Crippen molar-refractivity contribution in [2.45, 2.75) is 141 Å². The van der Waals surface area contributed by atoms with Crippen LogP contribution in [-0.2, 0) is 41.6 Å². The molecule has 0 bridgehead atoms. The number of anilines is 2. The predicted octanol–water partition coefficient (Wildman–Crippen LogP) is 10.3. The number of nitrogens with zero attached hydrogens (tertiary/aromatic N) is 9. The van der Waals surface area contributed by atoms with Gasteiger partial charge in [-0.05, 0) is 121 Å². The molecule has 6 heterocycles. The summed E-state index contributed by atoms with van der Waals surface area (Å²) in [5.74, 6) is 1.33. The van der Waals surface area contributed by atoms with Gasteiger partial charge in [-0.2, -0.15) is 9.97 Å². The number of hydrogen-bond acceptors (Lipinski definition) is 17. The number of phenolic OH excluding ortho intramolecular Hbond substituents is 1. The molecule has 4 amide bonds. The number of fused-ring (bicyclic) bond motifs is 3. The SMILES string of the molecule is C=CC(=O)N1CCN(c2nc(O[C@H](C)CN3CCC(OCCOCCOc4ccc(-c5csc([C@@H]6CCCN6C(=O)[C@@H](NC(=O)[C@H](C)N(C)C(=O)OC(C)(C)C)C6CCCCC6)n5)c5ccccc45)CC3)nc3c2CCN(c2cc(O)cc4ccccc24)C3)CC1. The Balaban J connectivity index is 0.638. The van der Waals surface area contributed by atoms with E-state index < -0.39 is 23.8 Å². The highest BCUT2D eigenvalue weighted by atomic mass is 32.1. The van der Waals surface area contributed by atoms with E-state index in [1.807, 2.05) is 52.3 Å². The summed E-state index contributed by atoms with van der Waals surface area (Å²) in [7, 11) is 1.55. The average Bonchev–Trinajstić information content (AvgIpc) is 1.76. The van der Waals surface area contributed by atoms with Crippen molar-refractivity contribution in [3.8, 4) is 28.8 Å². The minimum Gasteiger partial charge on any atom is -0.508 e. The van der Waals surface area contributed by atoms with E-state index in [1.54, 1.807) is 52.1 Å². The van der Waals surface area contributed by atoms with E-state index in [0.717, 1.165) is 150 Å². The van der Waals surface area contributed by atoms with Crippen molar-refractivity contribution in [2.75, 3.05) is 102 Å². The first kappa shape index (κ1) is 64.9. The Morgan fingerprint density at radius 2 is 1.54 bits per heavy atom. The van der Waals surface area contributed by atoms with Crippen LogP contribution in [0.5, 0.6) is 17.5 Å². The number of likely N-dealkylation sites (N-methyl/N-ethyl adjacent to an activating group) is 1. The average molecular weight is 1260 g/mol. The third kappa shape index (κ3) is 15.7. The van der Waals surface area contributed by atoms with Gasteiger partial charge in [0.05, 0.1) is 49.9 Å². The predicted molar refractivity (Wildman–Crippen MR) is 354 cm³/mol. The van der Waals surface area contributed by atoms with Crippen LogP contribution in [0.1, 0.15) is 115 Å². The molecule has 4 atom stereocenters. The Labute approximate surface area is 538 Å². The quantitative estimate of drug-likeness (QED) is 0.0479. The van der Waals surface area contributed by atoms with Crippen LogP contribution in [0.2, 0.25) is 0 Å². The summed E-state index contributed by atoms with van der Waals surface area (Å²) in [6.45, 7) is 21.3. The fourth-order valence-corrected chi connectivity index (χ4v) is 14.5. The third-order valence-electron chi connectivity index (χ3n) is 18.5. The van der Waals surface area contributed by atoms with Gasteiger partial charge in [-0.1, -0.05) is 74.4 Å². The van der Waals surface area contributed by atoms with Gasteiger partial charge in [-0.3, -0.25) is 24.2 Å². The number of ether oxygens (including phenoxy) is 5. The molecule has 4 aliphatic heterocycles. The first-order valence-corrected chi connectivity index (χ1v) is 33.6. The zero-order valence-corrected chi connectivity index (χ0v) is 54.6. The second kappa shape index (κ2) is 29.4. The van der Waals surface area contributed by atoms with Crippen molar-refractivity contribution in [1.29, 1.82) is 0 Å². The number of hydrogen-bond donors (Lipinski definition) is 2. The maximum Gasteiger partial charge on any atom is 0.410 e. The van der Waals surface area contributed by atoms with Gasteiger partial charge in [0.1, 0.15) is 52.7 Å². The van der Waals surface area contributed by atoms with Crippen LogP contribution < -0.4 is 24.6 Å². The number of carbonyl (C=O) groups excluding carboxylic acids is 4. The largest absolute Gasteiger partial charge is 0.508 e. The van der Waals surface area contributed by atoms with Gasteiger partial charge in [-0.25, -0.2) is 9.78 Å². The number of thiazole rings is 1. The molecular weight excluding hydrogens is 1170 g/mol. The van der Waals surface area contributed by atoms with E-state index in [0.29, 0.717) is 78.3 Å². The number of carbonyl (C=O) groups is 4. The van der Waals surface area contributed by atoms with Crippen LogP contribution >= 0.6 is 11.3 Å². The van der Waals surface area contributed by atoms with Crippen LogP contribution in [0.25, 0.3) is 32.8 Å².